The quantitative estimate of drug-likeness (QED) is 0.656. The van der Waals surface area contributed by atoms with Crippen LogP contribution in [0.4, 0.5) is 4.39 Å². The zero-order valence-electron chi connectivity index (χ0n) is 9.18. The molecule has 3 heteroatoms. The van der Waals surface area contributed by atoms with Gasteiger partial charge in [0.1, 0.15) is 11.6 Å². The standard InChI is InChI=1S/C14H11FN2/c15-12-5-3-4-11(8-12)9-14-16-10-13-6-1-2-7-17(13)14/h1-8,10H,9H2. The molecule has 2 heterocycles. The smallest absolute Gasteiger partial charge is 0.123 e. The zero-order valence-corrected chi connectivity index (χ0v) is 9.18. The number of rotatable bonds is 2. The van der Waals surface area contributed by atoms with Crippen LogP contribution < -0.4 is 0 Å². The molecule has 1 aromatic carbocycles. The van der Waals surface area contributed by atoms with E-state index in [1.54, 1.807) is 12.1 Å². The average molecular weight is 226 g/mol. The summed E-state index contributed by atoms with van der Waals surface area (Å²) in [5.41, 5.74) is 1.99. The van der Waals surface area contributed by atoms with E-state index in [0.29, 0.717) is 6.42 Å². The molecule has 0 aliphatic rings. The van der Waals surface area contributed by atoms with Crippen LogP contribution in [0.25, 0.3) is 5.52 Å². The Hall–Kier alpha value is -2.16. The Morgan fingerprint density at radius 2 is 2.06 bits per heavy atom. The molecule has 0 aliphatic carbocycles. The molecule has 17 heavy (non-hydrogen) atoms. The number of halogens is 1. The maximum atomic E-state index is 13.1. The third-order valence-corrected chi connectivity index (χ3v) is 2.77. The summed E-state index contributed by atoms with van der Waals surface area (Å²) < 4.78 is 15.1. The fraction of sp³-hybridized carbons (Fsp3) is 0.0714. The lowest BCUT2D eigenvalue weighted by Crippen LogP contribution is -1.96. The summed E-state index contributed by atoms with van der Waals surface area (Å²) in [5.74, 6) is 0.717. The highest BCUT2D eigenvalue weighted by molar-refractivity contribution is 5.46. The predicted molar refractivity (Wildman–Crippen MR) is 64.4 cm³/mol. The summed E-state index contributed by atoms with van der Waals surface area (Å²) >= 11 is 0. The maximum absolute atomic E-state index is 13.1. The van der Waals surface area contributed by atoms with Gasteiger partial charge in [-0.2, -0.15) is 0 Å². The molecular weight excluding hydrogens is 215 g/mol. The van der Waals surface area contributed by atoms with E-state index in [-0.39, 0.29) is 5.82 Å². The molecule has 0 saturated carbocycles. The minimum absolute atomic E-state index is 0.205. The Bertz CT molecular complexity index is 658. The van der Waals surface area contributed by atoms with E-state index in [2.05, 4.69) is 4.98 Å². The minimum atomic E-state index is -0.205. The van der Waals surface area contributed by atoms with Crippen molar-refractivity contribution in [3.8, 4) is 0 Å². The first kappa shape index (κ1) is 10.0. The Kier molecular flexibility index (Phi) is 2.37. The Morgan fingerprint density at radius 1 is 1.12 bits per heavy atom. The van der Waals surface area contributed by atoms with Crippen molar-refractivity contribution >= 4 is 5.52 Å². The van der Waals surface area contributed by atoms with Crippen LogP contribution in [0.2, 0.25) is 0 Å². The Balaban J connectivity index is 2.00. The molecule has 0 unspecified atom stereocenters. The molecule has 3 rings (SSSR count). The van der Waals surface area contributed by atoms with Gasteiger partial charge >= 0.3 is 0 Å². The zero-order chi connectivity index (χ0) is 11.7. The number of benzene rings is 1. The summed E-state index contributed by atoms with van der Waals surface area (Å²) in [6.07, 6.45) is 4.43. The topological polar surface area (TPSA) is 17.3 Å². The number of hydrogen-bond acceptors (Lipinski definition) is 1. The van der Waals surface area contributed by atoms with Crippen molar-refractivity contribution in [2.24, 2.45) is 0 Å². The molecule has 0 bridgehead atoms. The molecule has 0 radical (unpaired) electrons. The van der Waals surface area contributed by atoms with E-state index in [9.17, 15) is 4.39 Å². The van der Waals surface area contributed by atoms with Crippen LogP contribution in [0.5, 0.6) is 0 Å². The van der Waals surface area contributed by atoms with E-state index in [1.165, 1.54) is 6.07 Å². The van der Waals surface area contributed by atoms with Gasteiger partial charge in [-0.1, -0.05) is 18.2 Å². The van der Waals surface area contributed by atoms with Gasteiger partial charge < -0.3 is 4.40 Å². The highest BCUT2D eigenvalue weighted by Crippen LogP contribution is 2.12. The molecule has 0 spiro atoms. The van der Waals surface area contributed by atoms with E-state index in [4.69, 9.17) is 0 Å². The minimum Gasteiger partial charge on any atom is -0.303 e. The van der Waals surface area contributed by atoms with Crippen LogP contribution in [0.1, 0.15) is 11.4 Å². The molecule has 0 amide bonds. The van der Waals surface area contributed by atoms with Gasteiger partial charge in [0.05, 0.1) is 11.7 Å². The van der Waals surface area contributed by atoms with Crippen molar-refractivity contribution in [2.45, 2.75) is 6.42 Å². The SMILES string of the molecule is Fc1cccc(Cc2ncc3ccccn23)c1. The fourth-order valence-corrected chi connectivity index (χ4v) is 1.96. The van der Waals surface area contributed by atoms with Crippen LogP contribution >= 0.6 is 0 Å². The molecule has 2 aromatic heterocycles. The lowest BCUT2D eigenvalue weighted by Gasteiger charge is -2.01. The number of pyridine rings is 1. The van der Waals surface area contributed by atoms with Crippen LogP contribution in [0.3, 0.4) is 0 Å². The number of imidazole rings is 1. The lowest BCUT2D eigenvalue weighted by molar-refractivity contribution is 0.625. The van der Waals surface area contributed by atoms with Crippen molar-refractivity contribution in [1.82, 2.24) is 9.38 Å². The monoisotopic (exact) mass is 226 g/mol. The van der Waals surface area contributed by atoms with Gasteiger partial charge in [0.2, 0.25) is 0 Å². The van der Waals surface area contributed by atoms with Crippen molar-refractivity contribution < 1.29 is 4.39 Å². The average Bonchev–Trinajstić information content (AvgIpc) is 2.73. The first-order valence-corrected chi connectivity index (χ1v) is 5.48. The third kappa shape index (κ3) is 1.91. The van der Waals surface area contributed by atoms with Gasteiger partial charge in [-0.3, -0.25) is 0 Å². The number of nitrogens with zero attached hydrogens (tertiary/aromatic N) is 2. The van der Waals surface area contributed by atoms with Crippen molar-refractivity contribution in [2.75, 3.05) is 0 Å². The Morgan fingerprint density at radius 3 is 2.94 bits per heavy atom. The van der Waals surface area contributed by atoms with E-state index < -0.39 is 0 Å². The fourth-order valence-electron chi connectivity index (χ4n) is 1.96. The lowest BCUT2D eigenvalue weighted by atomic mass is 10.1. The number of aromatic nitrogens is 2. The summed E-state index contributed by atoms with van der Waals surface area (Å²) in [4.78, 5) is 4.36. The largest absolute Gasteiger partial charge is 0.303 e. The second kappa shape index (κ2) is 4.01. The summed E-state index contributed by atoms with van der Waals surface area (Å²) in [7, 11) is 0. The summed E-state index contributed by atoms with van der Waals surface area (Å²) in [6, 6.07) is 12.6. The van der Waals surface area contributed by atoms with Gasteiger partial charge in [0.25, 0.3) is 0 Å². The van der Waals surface area contributed by atoms with Gasteiger partial charge in [-0.25, -0.2) is 9.37 Å². The van der Waals surface area contributed by atoms with Crippen LogP contribution in [0, 0.1) is 5.82 Å². The second-order valence-electron chi connectivity index (χ2n) is 3.98. The van der Waals surface area contributed by atoms with Crippen LogP contribution in [0.15, 0.2) is 54.9 Å². The van der Waals surface area contributed by atoms with Gasteiger partial charge in [-0.15, -0.1) is 0 Å². The Labute approximate surface area is 98.4 Å². The van der Waals surface area contributed by atoms with E-state index >= 15 is 0 Å². The maximum Gasteiger partial charge on any atom is 0.123 e. The highest BCUT2D eigenvalue weighted by atomic mass is 19.1. The molecular formula is C14H11FN2. The van der Waals surface area contributed by atoms with Crippen LogP contribution in [-0.4, -0.2) is 9.38 Å². The molecule has 0 N–H and O–H groups in total. The third-order valence-electron chi connectivity index (χ3n) is 2.77. The second-order valence-corrected chi connectivity index (χ2v) is 3.98. The molecule has 3 aromatic rings. The van der Waals surface area contributed by atoms with E-state index in [1.807, 2.05) is 41.1 Å². The molecule has 0 aliphatic heterocycles. The predicted octanol–water partition coefficient (Wildman–Crippen LogP) is 3.06. The molecule has 0 saturated heterocycles. The van der Waals surface area contributed by atoms with Crippen LogP contribution in [-0.2, 0) is 6.42 Å². The van der Waals surface area contributed by atoms with E-state index in [0.717, 1.165) is 16.9 Å². The highest BCUT2D eigenvalue weighted by Gasteiger charge is 2.04. The normalized spacial score (nSPS) is 10.9. The molecule has 2 nitrogen and oxygen atoms in total. The van der Waals surface area contributed by atoms with Crippen molar-refractivity contribution in [3.63, 3.8) is 0 Å². The molecule has 0 fully saturated rings. The summed E-state index contributed by atoms with van der Waals surface area (Å²) in [5, 5.41) is 0. The van der Waals surface area contributed by atoms with Gasteiger partial charge in [-0.05, 0) is 29.8 Å². The number of fused-ring (bicyclic) bond motifs is 1. The van der Waals surface area contributed by atoms with Crippen molar-refractivity contribution in [1.29, 1.82) is 0 Å². The van der Waals surface area contributed by atoms with Crippen molar-refractivity contribution in [3.05, 3.63) is 72.1 Å². The molecule has 84 valence electrons. The van der Waals surface area contributed by atoms with Gasteiger partial charge in [0, 0.05) is 12.6 Å². The summed E-state index contributed by atoms with van der Waals surface area (Å²) in [6.45, 7) is 0. The van der Waals surface area contributed by atoms with Gasteiger partial charge in [0.15, 0.2) is 0 Å². The number of hydrogen-bond donors (Lipinski definition) is 0. The first-order chi connectivity index (χ1) is 8.33. The molecule has 0 atom stereocenters. The first-order valence-electron chi connectivity index (χ1n) is 5.48.